The molecular weight excluding hydrogens is 302 g/mol. The number of aromatic nitrogens is 2. The second kappa shape index (κ2) is 6.84. The quantitative estimate of drug-likeness (QED) is 0.755. The Bertz CT molecular complexity index is 840. The summed E-state index contributed by atoms with van der Waals surface area (Å²) in [6.07, 6.45) is 3.19. The molecule has 0 atom stereocenters. The molecule has 1 N–H and O–H groups in total. The molecule has 0 aliphatic carbocycles. The van der Waals surface area contributed by atoms with E-state index >= 15 is 0 Å². The van der Waals surface area contributed by atoms with Gasteiger partial charge >= 0.3 is 5.97 Å². The average molecular weight is 323 g/mol. The normalized spacial score (nSPS) is 11.5. The maximum Gasteiger partial charge on any atom is 0.339 e. The van der Waals surface area contributed by atoms with Crippen molar-refractivity contribution in [3.05, 3.63) is 71.5 Å². The molecular formula is C19H21N3O2. The van der Waals surface area contributed by atoms with Gasteiger partial charge < -0.3 is 5.11 Å². The van der Waals surface area contributed by atoms with Crippen molar-refractivity contribution >= 4 is 11.5 Å². The number of carbonyl (C=O) groups is 1. The fourth-order valence-electron chi connectivity index (χ4n) is 2.86. The fraction of sp³-hybridized carbons (Fsp3) is 0.263. The van der Waals surface area contributed by atoms with E-state index in [1.165, 1.54) is 11.8 Å². The molecule has 0 saturated heterocycles. The molecule has 3 aromatic rings. The largest absolute Gasteiger partial charge is 0.478 e. The average Bonchev–Trinajstić information content (AvgIpc) is 3.00. The summed E-state index contributed by atoms with van der Waals surface area (Å²) in [6.45, 7) is 5.79. The highest BCUT2D eigenvalue weighted by Gasteiger charge is 2.18. The highest BCUT2D eigenvalue weighted by Crippen LogP contribution is 2.20. The van der Waals surface area contributed by atoms with E-state index in [-0.39, 0.29) is 5.56 Å². The van der Waals surface area contributed by atoms with Crippen LogP contribution < -0.4 is 0 Å². The first kappa shape index (κ1) is 16.2. The number of fused-ring (bicyclic) bond motifs is 1. The minimum Gasteiger partial charge on any atom is -0.478 e. The number of pyridine rings is 1. The predicted octanol–water partition coefficient (Wildman–Crippen LogP) is 3.44. The van der Waals surface area contributed by atoms with E-state index in [4.69, 9.17) is 0 Å². The lowest BCUT2D eigenvalue weighted by Gasteiger charge is -2.27. The van der Waals surface area contributed by atoms with Crippen LogP contribution in [0.15, 0.2) is 54.9 Å². The van der Waals surface area contributed by atoms with Gasteiger partial charge in [-0.05, 0) is 31.0 Å². The molecule has 0 aliphatic heterocycles. The Balaban J connectivity index is 1.94. The number of carboxylic acid groups (broad SMARTS) is 1. The third-order valence-electron chi connectivity index (χ3n) is 4.19. The third kappa shape index (κ3) is 3.31. The number of aromatic carboxylic acids is 1. The van der Waals surface area contributed by atoms with Crippen LogP contribution in [0, 0.1) is 0 Å². The van der Waals surface area contributed by atoms with Gasteiger partial charge in [0.25, 0.3) is 0 Å². The highest BCUT2D eigenvalue weighted by molar-refractivity contribution is 5.96. The Hall–Kier alpha value is -2.66. The van der Waals surface area contributed by atoms with Crippen molar-refractivity contribution in [2.24, 2.45) is 0 Å². The number of nitrogens with zero attached hydrogens (tertiary/aromatic N) is 3. The fourth-order valence-corrected chi connectivity index (χ4v) is 2.86. The SMILES string of the molecule is CC(C)N(Cc1ccccc1)Cc1cccn2ncc(C(=O)O)c12. The lowest BCUT2D eigenvalue weighted by Crippen LogP contribution is -2.30. The van der Waals surface area contributed by atoms with Gasteiger partial charge in [0, 0.05) is 25.3 Å². The van der Waals surface area contributed by atoms with Crippen molar-refractivity contribution in [1.29, 1.82) is 0 Å². The van der Waals surface area contributed by atoms with E-state index < -0.39 is 5.97 Å². The van der Waals surface area contributed by atoms with Crippen LogP contribution in [0.1, 0.15) is 35.3 Å². The van der Waals surface area contributed by atoms with Gasteiger partial charge in [-0.1, -0.05) is 36.4 Å². The van der Waals surface area contributed by atoms with Crippen LogP contribution in [-0.2, 0) is 13.1 Å². The summed E-state index contributed by atoms with van der Waals surface area (Å²) in [4.78, 5) is 13.8. The van der Waals surface area contributed by atoms with Gasteiger partial charge in [-0.15, -0.1) is 0 Å². The standard InChI is InChI=1S/C19H21N3O2/c1-14(2)21(12-15-7-4-3-5-8-15)13-16-9-6-10-22-18(16)17(11-20-22)19(23)24/h3-11,14H,12-13H2,1-2H3,(H,23,24). The first-order valence-electron chi connectivity index (χ1n) is 8.02. The molecule has 24 heavy (non-hydrogen) atoms. The van der Waals surface area contributed by atoms with Gasteiger partial charge in [0.1, 0.15) is 5.56 Å². The smallest absolute Gasteiger partial charge is 0.339 e. The molecule has 5 heteroatoms. The topological polar surface area (TPSA) is 57.8 Å². The molecule has 124 valence electrons. The second-order valence-corrected chi connectivity index (χ2v) is 6.17. The summed E-state index contributed by atoms with van der Waals surface area (Å²) in [5.41, 5.74) is 3.12. The molecule has 0 unspecified atom stereocenters. The van der Waals surface area contributed by atoms with E-state index in [0.717, 1.165) is 12.1 Å². The van der Waals surface area contributed by atoms with Crippen molar-refractivity contribution in [2.45, 2.75) is 33.0 Å². The maximum atomic E-state index is 11.5. The van der Waals surface area contributed by atoms with Gasteiger partial charge in [0.15, 0.2) is 0 Å². The summed E-state index contributed by atoms with van der Waals surface area (Å²) in [7, 11) is 0. The molecule has 0 radical (unpaired) electrons. The maximum absolute atomic E-state index is 11.5. The monoisotopic (exact) mass is 323 g/mol. The Morgan fingerprint density at radius 2 is 1.92 bits per heavy atom. The minimum atomic E-state index is -0.948. The summed E-state index contributed by atoms with van der Waals surface area (Å²) < 4.78 is 1.64. The summed E-state index contributed by atoms with van der Waals surface area (Å²) >= 11 is 0. The summed E-state index contributed by atoms with van der Waals surface area (Å²) in [5, 5.41) is 13.6. The van der Waals surface area contributed by atoms with E-state index in [1.807, 2.05) is 30.3 Å². The van der Waals surface area contributed by atoms with Gasteiger partial charge in [-0.3, -0.25) is 4.90 Å². The molecule has 0 saturated carbocycles. The molecule has 0 bridgehead atoms. The first-order chi connectivity index (χ1) is 11.6. The number of rotatable bonds is 6. The predicted molar refractivity (Wildman–Crippen MR) is 93.0 cm³/mol. The number of benzene rings is 1. The minimum absolute atomic E-state index is 0.244. The Morgan fingerprint density at radius 1 is 1.17 bits per heavy atom. The Labute approximate surface area is 141 Å². The molecule has 0 fully saturated rings. The van der Waals surface area contributed by atoms with Crippen LogP contribution in [0.3, 0.4) is 0 Å². The van der Waals surface area contributed by atoms with Crippen LogP contribution in [0.2, 0.25) is 0 Å². The molecule has 0 amide bonds. The zero-order valence-corrected chi connectivity index (χ0v) is 13.9. The van der Waals surface area contributed by atoms with E-state index in [2.05, 4.69) is 36.0 Å². The van der Waals surface area contributed by atoms with Gasteiger partial charge in [-0.25, -0.2) is 9.31 Å². The summed E-state index contributed by atoms with van der Waals surface area (Å²) in [5.74, 6) is -0.948. The molecule has 3 rings (SSSR count). The number of hydrogen-bond acceptors (Lipinski definition) is 3. The van der Waals surface area contributed by atoms with E-state index in [1.54, 1.807) is 10.7 Å². The van der Waals surface area contributed by atoms with Crippen molar-refractivity contribution in [3.8, 4) is 0 Å². The van der Waals surface area contributed by atoms with Gasteiger partial charge in [0.05, 0.1) is 11.7 Å². The van der Waals surface area contributed by atoms with E-state index in [9.17, 15) is 9.90 Å². The molecule has 2 aromatic heterocycles. The zero-order chi connectivity index (χ0) is 17.1. The van der Waals surface area contributed by atoms with Crippen molar-refractivity contribution < 1.29 is 9.90 Å². The highest BCUT2D eigenvalue weighted by atomic mass is 16.4. The van der Waals surface area contributed by atoms with Gasteiger partial charge in [0.2, 0.25) is 0 Å². The zero-order valence-electron chi connectivity index (χ0n) is 13.9. The van der Waals surface area contributed by atoms with Crippen LogP contribution in [0.25, 0.3) is 5.52 Å². The van der Waals surface area contributed by atoms with Gasteiger partial charge in [-0.2, -0.15) is 5.10 Å². The number of carboxylic acids is 1. The molecule has 5 nitrogen and oxygen atoms in total. The second-order valence-electron chi connectivity index (χ2n) is 6.17. The number of hydrogen-bond donors (Lipinski definition) is 1. The van der Waals surface area contributed by atoms with Crippen LogP contribution in [0.4, 0.5) is 0 Å². The van der Waals surface area contributed by atoms with E-state index in [0.29, 0.717) is 18.1 Å². The van der Waals surface area contributed by atoms with Crippen molar-refractivity contribution in [1.82, 2.24) is 14.5 Å². The first-order valence-corrected chi connectivity index (χ1v) is 8.02. The van der Waals surface area contributed by atoms with Crippen LogP contribution in [-0.4, -0.2) is 31.6 Å². The third-order valence-corrected chi connectivity index (χ3v) is 4.19. The van der Waals surface area contributed by atoms with Crippen molar-refractivity contribution in [2.75, 3.05) is 0 Å². The molecule has 0 spiro atoms. The Kier molecular flexibility index (Phi) is 4.62. The molecule has 0 aliphatic rings. The lowest BCUT2D eigenvalue weighted by molar-refractivity contribution is 0.0699. The van der Waals surface area contributed by atoms with Crippen LogP contribution >= 0.6 is 0 Å². The lowest BCUT2D eigenvalue weighted by atomic mass is 10.1. The molecule has 2 heterocycles. The van der Waals surface area contributed by atoms with Crippen LogP contribution in [0.5, 0.6) is 0 Å². The van der Waals surface area contributed by atoms with Crippen molar-refractivity contribution in [3.63, 3.8) is 0 Å². The Morgan fingerprint density at radius 3 is 2.58 bits per heavy atom. The molecule has 1 aromatic carbocycles. The summed E-state index contributed by atoms with van der Waals surface area (Å²) in [6, 6.07) is 14.5.